The van der Waals surface area contributed by atoms with Crippen LogP contribution in [0.15, 0.2) is 42.5 Å². The average molecular weight is 346 g/mol. The molecule has 6 heteroatoms. The van der Waals surface area contributed by atoms with Crippen molar-refractivity contribution in [2.45, 2.75) is 19.8 Å². The number of aryl methyl sites for hydroxylation is 1. The Morgan fingerprint density at radius 3 is 2.25 bits per heavy atom. The Balaban J connectivity index is 1.96. The summed E-state index contributed by atoms with van der Waals surface area (Å²) in [6.07, 6.45) is 0.0728. The molecule has 5 nitrogen and oxygen atoms in total. The molecule has 0 bridgehead atoms. The molecule has 124 valence electrons. The highest BCUT2D eigenvalue weighted by molar-refractivity contribution is 6.30. The number of anilines is 1. The summed E-state index contributed by atoms with van der Waals surface area (Å²) in [5.41, 5.74) is 1.76. The minimum Gasteiger partial charge on any atom is -0.478 e. The van der Waals surface area contributed by atoms with Crippen LogP contribution >= 0.6 is 11.6 Å². The molecule has 0 saturated heterocycles. The first kappa shape index (κ1) is 17.7. The highest BCUT2D eigenvalue weighted by Gasteiger charge is 2.12. The Labute approximate surface area is 144 Å². The van der Waals surface area contributed by atoms with Crippen molar-refractivity contribution >= 4 is 34.9 Å². The molecule has 2 rings (SSSR count). The third kappa shape index (κ3) is 4.67. The van der Waals surface area contributed by atoms with Gasteiger partial charge < -0.3 is 10.4 Å². The molecule has 0 atom stereocenters. The van der Waals surface area contributed by atoms with Gasteiger partial charge in [0.15, 0.2) is 5.78 Å². The third-order valence-electron chi connectivity index (χ3n) is 3.50. The number of nitrogens with one attached hydrogen (secondary N) is 1. The lowest BCUT2D eigenvalue weighted by atomic mass is 10.1. The summed E-state index contributed by atoms with van der Waals surface area (Å²) in [4.78, 5) is 35.0. The van der Waals surface area contributed by atoms with Gasteiger partial charge in [-0.2, -0.15) is 0 Å². The molecule has 0 unspecified atom stereocenters. The predicted octanol–water partition coefficient (Wildman–Crippen LogP) is 3.95. The summed E-state index contributed by atoms with van der Waals surface area (Å²) in [6, 6.07) is 11.0. The molecule has 2 aromatic carbocycles. The summed E-state index contributed by atoms with van der Waals surface area (Å²) in [5, 5.41) is 12.2. The number of carbonyl (C=O) groups is 3. The Bertz CT molecular complexity index is 784. The minimum absolute atomic E-state index is 0.0121. The van der Waals surface area contributed by atoms with E-state index in [-0.39, 0.29) is 30.1 Å². The summed E-state index contributed by atoms with van der Waals surface area (Å²) in [7, 11) is 0. The second-order valence-corrected chi connectivity index (χ2v) is 5.75. The van der Waals surface area contributed by atoms with Crippen molar-refractivity contribution in [3.05, 3.63) is 64.2 Å². The van der Waals surface area contributed by atoms with Gasteiger partial charge in [-0.1, -0.05) is 17.7 Å². The summed E-state index contributed by atoms with van der Waals surface area (Å²) in [5.74, 6) is -1.57. The van der Waals surface area contributed by atoms with Crippen molar-refractivity contribution in [2.24, 2.45) is 0 Å². The Hall–Kier alpha value is -2.66. The Morgan fingerprint density at radius 1 is 1.00 bits per heavy atom. The van der Waals surface area contributed by atoms with Crippen molar-refractivity contribution in [1.29, 1.82) is 0 Å². The second kappa shape index (κ2) is 7.75. The first-order valence-electron chi connectivity index (χ1n) is 7.29. The van der Waals surface area contributed by atoms with Crippen LogP contribution in [0, 0.1) is 6.92 Å². The zero-order valence-corrected chi connectivity index (χ0v) is 13.8. The van der Waals surface area contributed by atoms with E-state index in [1.54, 1.807) is 37.3 Å². The SMILES string of the molecule is Cc1ccc(C(=O)O)cc1NC(=O)CCC(=O)c1ccc(Cl)cc1. The number of aromatic carboxylic acids is 1. The van der Waals surface area contributed by atoms with Gasteiger partial charge in [-0.3, -0.25) is 9.59 Å². The van der Waals surface area contributed by atoms with Crippen LogP contribution in [0.1, 0.15) is 39.1 Å². The van der Waals surface area contributed by atoms with Gasteiger partial charge in [-0.25, -0.2) is 4.79 Å². The molecular weight excluding hydrogens is 330 g/mol. The number of ketones is 1. The largest absolute Gasteiger partial charge is 0.478 e. The van der Waals surface area contributed by atoms with Gasteiger partial charge in [0.1, 0.15) is 0 Å². The van der Waals surface area contributed by atoms with Crippen LogP contribution < -0.4 is 5.32 Å². The van der Waals surface area contributed by atoms with E-state index in [0.717, 1.165) is 5.56 Å². The average Bonchev–Trinajstić information content (AvgIpc) is 2.55. The van der Waals surface area contributed by atoms with Crippen LogP contribution in [0.2, 0.25) is 5.02 Å². The number of benzene rings is 2. The van der Waals surface area contributed by atoms with Crippen LogP contribution in [0.25, 0.3) is 0 Å². The molecule has 0 spiro atoms. The summed E-state index contributed by atoms with van der Waals surface area (Å²) >= 11 is 5.77. The number of amides is 1. The van der Waals surface area contributed by atoms with Gasteiger partial charge in [0.25, 0.3) is 0 Å². The second-order valence-electron chi connectivity index (χ2n) is 5.31. The number of hydrogen-bond donors (Lipinski definition) is 2. The summed E-state index contributed by atoms with van der Waals surface area (Å²) < 4.78 is 0. The van der Waals surface area contributed by atoms with Crippen LogP contribution in [0.4, 0.5) is 5.69 Å². The first-order valence-corrected chi connectivity index (χ1v) is 7.67. The number of carbonyl (C=O) groups excluding carboxylic acids is 2. The van der Waals surface area contributed by atoms with Crippen molar-refractivity contribution < 1.29 is 19.5 Å². The lowest BCUT2D eigenvalue weighted by Gasteiger charge is -2.09. The van der Waals surface area contributed by atoms with Crippen molar-refractivity contribution in [3.63, 3.8) is 0 Å². The molecule has 24 heavy (non-hydrogen) atoms. The molecule has 0 aliphatic carbocycles. The summed E-state index contributed by atoms with van der Waals surface area (Å²) in [6.45, 7) is 1.76. The van der Waals surface area contributed by atoms with Crippen molar-refractivity contribution in [1.82, 2.24) is 0 Å². The van der Waals surface area contributed by atoms with Crippen molar-refractivity contribution in [3.8, 4) is 0 Å². The van der Waals surface area contributed by atoms with Gasteiger partial charge in [-0.05, 0) is 48.9 Å². The van der Waals surface area contributed by atoms with E-state index in [1.807, 2.05) is 0 Å². The molecule has 0 saturated carbocycles. The molecule has 2 aromatic rings. The van der Waals surface area contributed by atoms with E-state index >= 15 is 0 Å². The lowest BCUT2D eigenvalue weighted by Crippen LogP contribution is -2.14. The van der Waals surface area contributed by atoms with Crippen LogP contribution in [-0.2, 0) is 4.79 Å². The number of rotatable bonds is 6. The van der Waals surface area contributed by atoms with E-state index in [4.69, 9.17) is 16.7 Å². The van der Waals surface area contributed by atoms with E-state index in [2.05, 4.69) is 5.32 Å². The number of hydrogen-bond acceptors (Lipinski definition) is 3. The molecular formula is C18H16ClNO4. The fraction of sp³-hybridized carbons (Fsp3) is 0.167. The third-order valence-corrected chi connectivity index (χ3v) is 3.76. The number of carboxylic acid groups (broad SMARTS) is 1. The van der Waals surface area contributed by atoms with Gasteiger partial charge >= 0.3 is 5.97 Å². The zero-order valence-electron chi connectivity index (χ0n) is 13.0. The Morgan fingerprint density at radius 2 is 1.62 bits per heavy atom. The van der Waals surface area contributed by atoms with Gasteiger partial charge in [0.2, 0.25) is 5.91 Å². The first-order chi connectivity index (χ1) is 11.4. The van der Waals surface area contributed by atoms with Gasteiger partial charge in [0, 0.05) is 29.1 Å². The highest BCUT2D eigenvalue weighted by Crippen LogP contribution is 2.18. The highest BCUT2D eigenvalue weighted by atomic mass is 35.5. The van der Waals surface area contributed by atoms with Crippen LogP contribution in [0.5, 0.6) is 0 Å². The predicted molar refractivity (Wildman–Crippen MR) is 91.8 cm³/mol. The number of halogens is 1. The maximum absolute atomic E-state index is 12.0. The topological polar surface area (TPSA) is 83.5 Å². The van der Waals surface area contributed by atoms with Crippen LogP contribution in [-0.4, -0.2) is 22.8 Å². The molecule has 0 fully saturated rings. The van der Waals surface area contributed by atoms with E-state index in [1.165, 1.54) is 12.1 Å². The van der Waals surface area contributed by atoms with Gasteiger partial charge in [0.05, 0.1) is 5.56 Å². The molecule has 0 aliphatic heterocycles. The molecule has 1 amide bonds. The van der Waals surface area contributed by atoms with E-state index in [0.29, 0.717) is 16.3 Å². The minimum atomic E-state index is -1.07. The standard InChI is InChI=1S/C18H16ClNO4/c1-11-2-3-13(18(23)24)10-15(11)20-17(22)9-8-16(21)12-4-6-14(19)7-5-12/h2-7,10H,8-9H2,1H3,(H,20,22)(H,23,24). The Kier molecular flexibility index (Phi) is 5.71. The molecule has 2 N–H and O–H groups in total. The van der Waals surface area contributed by atoms with Crippen LogP contribution in [0.3, 0.4) is 0 Å². The molecule has 0 heterocycles. The quantitative estimate of drug-likeness (QED) is 0.776. The van der Waals surface area contributed by atoms with Crippen molar-refractivity contribution in [2.75, 3.05) is 5.32 Å². The number of Topliss-reactive ketones (excluding diaryl/α,β-unsaturated/α-hetero) is 1. The maximum atomic E-state index is 12.0. The molecule has 0 radical (unpaired) electrons. The zero-order chi connectivity index (χ0) is 17.7. The number of carboxylic acids is 1. The lowest BCUT2D eigenvalue weighted by molar-refractivity contribution is -0.116. The molecule has 0 aliphatic rings. The fourth-order valence-corrected chi connectivity index (χ4v) is 2.24. The maximum Gasteiger partial charge on any atom is 0.335 e. The van der Waals surface area contributed by atoms with E-state index in [9.17, 15) is 14.4 Å². The monoisotopic (exact) mass is 345 g/mol. The fourth-order valence-electron chi connectivity index (χ4n) is 2.11. The normalized spacial score (nSPS) is 10.2. The van der Waals surface area contributed by atoms with Gasteiger partial charge in [-0.15, -0.1) is 0 Å². The molecule has 0 aromatic heterocycles. The smallest absolute Gasteiger partial charge is 0.335 e. The van der Waals surface area contributed by atoms with E-state index < -0.39 is 5.97 Å².